The number of fused-ring (bicyclic) bond motifs is 1. The molecule has 0 aromatic heterocycles. The Morgan fingerprint density at radius 2 is 2.36 bits per heavy atom. The highest BCUT2D eigenvalue weighted by Crippen LogP contribution is 2.25. The highest BCUT2D eigenvalue weighted by atomic mass is 19.1. The van der Waals surface area contributed by atoms with Gasteiger partial charge in [-0.05, 0) is 18.1 Å². The van der Waals surface area contributed by atoms with Gasteiger partial charge in [0.05, 0.1) is 0 Å². The van der Waals surface area contributed by atoms with Gasteiger partial charge in [0.2, 0.25) is 0 Å². The molecule has 0 aliphatic carbocycles. The Hall–Kier alpha value is -1.42. The lowest BCUT2D eigenvalue weighted by Crippen LogP contribution is -2.35. The van der Waals surface area contributed by atoms with Gasteiger partial charge < -0.3 is 10.4 Å². The smallest absolute Gasteiger partial charge is 0.325 e. The van der Waals surface area contributed by atoms with Crippen LogP contribution in [0.25, 0.3) is 0 Å². The average molecular weight is 195 g/mol. The van der Waals surface area contributed by atoms with Crippen molar-refractivity contribution >= 4 is 5.97 Å². The van der Waals surface area contributed by atoms with E-state index in [0.717, 1.165) is 5.56 Å². The molecule has 1 aliphatic heterocycles. The number of nitrogens with one attached hydrogen (secondary N) is 1. The molecule has 2 N–H and O–H groups in total. The standard InChI is InChI=1S/C10H10FNO2/c11-7-3-1-2-6-4-5-12-9(8(6)7)10(13)14/h1-3,9,12H,4-5H2,(H,13,14). The summed E-state index contributed by atoms with van der Waals surface area (Å²) in [5, 5.41) is 11.7. The van der Waals surface area contributed by atoms with E-state index in [-0.39, 0.29) is 5.56 Å². The van der Waals surface area contributed by atoms with Crippen molar-refractivity contribution in [3.63, 3.8) is 0 Å². The van der Waals surface area contributed by atoms with Crippen molar-refractivity contribution in [2.24, 2.45) is 0 Å². The molecular weight excluding hydrogens is 185 g/mol. The molecule has 0 bridgehead atoms. The number of carboxylic acid groups (broad SMARTS) is 1. The number of carbonyl (C=O) groups is 1. The van der Waals surface area contributed by atoms with E-state index in [1.165, 1.54) is 6.07 Å². The van der Waals surface area contributed by atoms with Gasteiger partial charge in [0.25, 0.3) is 0 Å². The number of halogens is 1. The molecule has 2 rings (SSSR count). The van der Waals surface area contributed by atoms with Crippen LogP contribution in [0, 0.1) is 5.82 Å². The summed E-state index contributed by atoms with van der Waals surface area (Å²) in [5.41, 5.74) is 1.07. The van der Waals surface area contributed by atoms with Crippen LogP contribution in [0.5, 0.6) is 0 Å². The highest BCUT2D eigenvalue weighted by Gasteiger charge is 2.28. The maximum absolute atomic E-state index is 13.4. The van der Waals surface area contributed by atoms with E-state index < -0.39 is 17.8 Å². The fourth-order valence-corrected chi connectivity index (χ4v) is 1.79. The summed E-state index contributed by atoms with van der Waals surface area (Å²) in [4.78, 5) is 10.8. The molecule has 0 saturated heterocycles. The first-order valence-corrected chi connectivity index (χ1v) is 4.43. The Morgan fingerprint density at radius 1 is 1.57 bits per heavy atom. The Bertz CT molecular complexity index is 378. The van der Waals surface area contributed by atoms with Crippen LogP contribution in [0.15, 0.2) is 18.2 Å². The Balaban J connectivity index is 2.52. The number of rotatable bonds is 1. The van der Waals surface area contributed by atoms with E-state index in [1.807, 2.05) is 0 Å². The van der Waals surface area contributed by atoms with Gasteiger partial charge in [-0.1, -0.05) is 12.1 Å². The van der Waals surface area contributed by atoms with Crippen LogP contribution >= 0.6 is 0 Å². The minimum atomic E-state index is -1.03. The summed E-state index contributed by atoms with van der Waals surface area (Å²) in [6.07, 6.45) is 0.677. The molecule has 0 amide bonds. The van der Waals surface area contributed by atoms with Gasteiger partial charge in [0, 0.05) is 12.1 Å². The third kappa shape index (κ3) is 1.37. The van der Waals surface area contributed by atoms with Gasteiger partial charge in [0.1, 0.15) is 11.9 Å². The zero-order chi connectivity index (χ0) is 10.1. The molecule has 1 aromatic rings. The van der Waals surface area contributed by atoms with Gasteiger partial charge in [0.15, 0.2) is 0 Å². The molecule has 1 atom stereocenters. The number of aliphatic carboxylic acids is 1. The minimum absolute atomic E-state index is 0.284. The molecule has 3 nitrogen and oxygen atoms in total. The van der Waals surface area contributed by atoms with Crippen molar-refractivity contribution in [1.29, 1.82) is 0 Å². The van der Waals surface area contributed by atoms with E-state index in [0.29, 0.717) is 13.0 Å². The molecule has 4 heteroatoms. The lowest BCUT2D eigenvalue weighted by atomic mass is 9.94. The lowest BCUT2D eigenvalue weighted by Gasteiger charge is -2.23. The summed E-state index contributed by atoms with van der Waals surface area (Å²) in [7, 11) is 0. The second-order valence-electron chi connectivity index (χ2n) is 3.29. The monoisotopic (exact) mass is 195 g/mol. The largest absolute Gasteiger partial charge is 0.480 e. The van der Waals surface area contributed by atoms with Crippen LogP contribution in [0.2, 0.25) is 0 Å². The highest BCUT2D eigenvalue weighted by molar-refractivity contribution is 5.76. The van der Waals surface area contributed by atoms with Crippen molar-refractivity contribution in [2.45, 2.75) is 12.5 Å². The predicted octanol–water partition coefficient (Wildman–Crippen LogP) is 1.10. The molecule has 1 heterocycles. The predicted molar refractivity (Wildman–Crippen MR) is 48.5 cm³/mol. The summed E-state index contributed by atoms with van der Waals surface area (Å²) in [6.45, 7) is 0.577. The number of benzene rings is 1. The third-order valence-electron chi connectivity index (χ3n) is 2.42. The van der Waals surface area contributed by atoms with Crippen molar-refractivity contribution in [1.82, 2.24) is 5.32 Å². The summed E-state index contributed by atoms with van der Waals surface area (Å²) in [6, 6.07) is 3.77. The Kier molecular flexibility index (Phi) is 2.21. The minimum Gasteiger partial charge on any atom is -0.480 e. The van der Waals surface area contributed by atoms with Gasteiger partial charge >= 0.3 is 5.97 Å². The van der Waals surface area contributed by atoms with Crippen molar-refractivity contribution in [3.8, 4) is 0 Å². The van der Waals surface area contributed by atoms with E-state index >= 15 is 0 Å². The normalized spacial score (nSPS) is 20.2. The van der Waals surface area contributed by atoms with Crippen LogP contribution in [-0.2, 0) is 11.2 Å². The second-order valence-corrected chi connectivity index (χ2v) is 3.29. The molecule has 0 saturated carbocycles. The molecule has 74 valence electrons. The van der Waals surface area contributed by atoms with Crippen molar-refractivity contribution in [3.05, 3.63) is 35.1 Å². The topological polar surface area (TPSA) is 49.3 Å². The average Bonchev–Trinajstić information content (AvgIpc) is 2.17. The maximum atomic E-state index is 13.4. The zero-order valence-corrected chi connectivity index (χ0v) is 7.46. The first-order chi connectivity index (χ1) is 6.70. The molecular formula is C10H10FNO2. The lowest BCUT2D eigenvalue weighted by molar-refractivity contribution is -0.139. The molecule has 1 unspecified atom stereocenters. The van der Waals surface area contributed by atoms with Crippen LogP contribution in [-0.4, -0.2) is 17.6 Å². The van der Waals surface area contributed by atoms with Crippen LogP contribution in [0.4, 0.5) is 4.39 Å². The quantitative estimate of drug-likeness (QED) is 0.705. The van der Waals surface area contributed by atoms with E-state index in [9.17, 15) is 9.18 Å². The molecule has 14 heavy (non-hydrogen) atoms. The van der Waals surface area contributed by atoms with Crippen molar-refractivity contribution < 1.29 is 14.3 Å². The summed E-state index contributed by atoms with van der Waals surface area (Å²) >= 11 is 0. The number of hydrogen-bond acceptors (Lipinski definition) is 2. The first-order valence-electron chi connectivity index (χ1n) is 4.43. The molecule has 0 radical (unpaired) electrons. The Morgan fingerprint density at radius 3 is 3.07 bits per heavy atom. The first kappa shape index (κ1) is 9.15. The van der Waals surface area contributed by atoms with Crippen LogP contribution in [0.3, 0.4) is 0 Å². The fraction of sp³-hybridized carbons (Fsp3) is 0.300. The van der Waals surface area contributed by atoms with Crippen LogP contribution in [0.1, 0.15) is 17.2 Å². The fourth-order valence-electron chi connectivity index (χ4n) is 1.79. The molecule has 0 fully saturated rings. The molecule has 1 aliphatic rings. The molecule has 1 aromatic carbocycles. The SMILES string of the molecule is O=C(O)C1NCCc2cccc(F)c21. The maximum Gasteiger partial charge on any atom is 0.325 e. The van der Waals surface area contributed by atoms with Crippen LogP contribution < -0.4 is 5.32 Å². The van der Waals surface area contributed by atoms with Gasteiger partial charge in [-0.15, -0.1) is 0 Å². The van der Waals surface area contributed by atoms with E-state index in [2.05, 4.69) is 5.32 Å². The number of hydrogen-bond donors (Lipinski definition) is 2. The summed E-state index contributed by atoms with van der Waals surface area (Å²) < 4.78 is 13.4. The van der Waals surface area contributed by atoms with Gasteiger partial charge in [-0.3, -0.25) is 4.79 Å². The zero-order valence-electron chi connectivity index (χ0n) is 7.46. The number of carboxylic acids is 1. The molecule has 0 spiro atoms. The summed E-state index contributed by atoms with van der Waals surface area (Å²) in [5.74, 6) is -1.47. The third-order valence-corrected chi connectivity index (χ3v) is 2.42. The van der Waals surface area contributed by atoms with Gasteiger partial charge in [-0.2, -0.15) is 0 Å². The van der Waals surface area contributed by atoms with Crippen molar-refractivity contribution in [2.75, 3.05) is 6.54 Å². The van der Waals surface area contributed by atoms with Gasteiger partial charge in [-0.25, -0.2) is 4.39 Å². The van der Waals surface area contributed by atoms with E-state index in [4.69, 9.17) is 5.11 Å². The second kappa shape index (κ2) is 3.38. The van der Waals surface area contributed by atoms with E-state index in [1.54, 1.807) is 12.1 Å². The Labute approximate surface area is 80.6 Å².